The van der Waals surface area contributed by atoms with Gasteiger partial charge in [0.05, 0.1) is 29.7 Å². The van der Waals surface area contributed by atoms with Crippen molar-refractivity contribution < 1.29 is 9.18 Å². The van der Waals surface area contributed by atoms with Gasteiger partial charge in [0.25, 0.3) is 5.91 Å². The molecular formula is C18H16FN5O. The third-order valence-electron chi connectivity index (χ3n) is 4.18. The van der Waals surface area contributed by atoms with Crippen LogP contribution >= 0.6 is 0 Å². The van der Waals surface area contributed by atoms with Crippen LogP contribution in [0.25, 0.3) is 5.69 Å². The second-order valence-corrected chi connectivity index (χ2v) is 6.24. The number of amides is 1. The molecule has 6 nitrogen and oxygen atoms in total. The normalized spacial score (nSPS) is 13.6. The van der Waals surface area contributed by atoms with Crippen LogP contribution in [0.15, 0.2) is 42.7 Å². The number of nitrogens with zero attached hydrogens (tertiary/aromatic N) is 5. The molecule has 0 radical (unpaired) electrons. The van der Waals surface area contributed by atoms with E-state index in [2.05, 4.69) is 28.9 Å². The Morgan fingerprint density at radius 1 is 1.20 bits per heavy atom. The molecule has 3 aromatic heterocycles. The minimum absolute atomic E-state index is 0.230. The van der Waals surface area contributed by atoms with Crippen molar-refractivity contribution in [2.75, 3.05) is 4.90 Å². The monoisotopic (exact) mass is 337 g/mol. The van der Waals surface area contributed by atoms with Crippen LogP contribution in [0.4, 0.5) is 10.2 Å². The molecule has 1 amide bonds. The van der Waals surface area contributed by atoms with E-state index in [-0.39, 0.29) is 18.3 Å². The largest absolute Gasteiger partial charge is 0.286 e. The van der Waals surface area contributed by atoms with Crippen LogP contribution in [0.2, 0.25) is 0 Å². The van der Waals surface area contributed by atoms with Crippen LogP contribution in [-0.4, -0.2) is 25.7 Å². The summed E-state index contributed by atoms with van der Waals surface area (Å²) in [6.45, 7) is 4.44. The molecule has 0 spiro atoms. The summed E-state index contributed by atoms with van der Waals surface area (Å²) in [5.41, 5.74) is 2.94. The Morgan fingerprint density at radius 2 is 2.04 bits per heavy atom. The number of carbonyl (C=O) groups is 1. The number of anilines is 1. The Balaban J connectivity index is 1.62. The fourth-order valence-electron chi connectivity index (χ4n) is 2.81. The van der Waals surface area contributed by atoms with Crippen LogP contribution in [0.5, 0.6) is 0 Å². The molecule has 0 unspecified atom stereocenters. The topological polar surface area (TPSA) is 63.9 Å². The molecule has 0 atom stereocenters. The molecule has 126 valence electrons. The molecule has 1 aliphatic rings. The van der Waals surface area contributed by atoms with Crippen LogP contribution in [0, 0.1) is 5.95 Å². The van der Waals surface area contributed by atoms with E-state index in [1.165, 1.54) is 17.0 Å². The van der Waals surface area contributed by atoms with E-state index in [9.17, 15) is 9.18 Å². The number of pyridine rings is 2. The van der Waals surface area contributed by atoms with Gasteiger partial charge < -0.3 is 0 Å². The molecule has 0 aliphatic carbocycles. The number of fused-ring (bicyclic) bond motifs is 1. The molecule has 25 heavy (non-hydrogen) atoms. The lowest BCUT2D eigenvalue weighted by atomic mass is 10.1. The number of rotatable bonds is 3. The molecule has 0 saturated heterocycles. The van der Waals surface area contributed by atoms with Crippen molar-refractivity contribution in [3.8, 4) is 5.69 Å². The molecule has 3 aromatic rings. The van der Waals surface area contributed by atoms with Gasteiger partial charge in [-0.3, -0.25) is 14.7 Å². The number of carbonyl (C=O) groups excluding carboxylic acids is 1. The van der Waals surface area contributed by atoms with E-state index >= 15 is 0 Å². The van der Waals surface area contributed by atoms with Crippen molar-refractivity contribution in [2.24, 2.45) is 0 Å². The average Bonchev–Trinajstić information content (AvgIpc) is 3.15. The summed E-state index contributed by atoms with van der Waals surface area (Å²) >= 11 is 0. The molecule has 0 saturated carbocycles. The van der Waals surface area contributed by atoms with Gasteiger partial charge in [-0.1, -0.05) is 19.9 Å². The Bertz CT molecular complexity index is 948. The first-order valence-electron chi connectivity index (χ1n) is 8.02. The third-order valence-corrected chi connectivity index (χ3v) is 4.18. The predicted molar refractivity (Wildman–Crippen MR) is 90.2 cm³/mol. The highest BCUT2D eigenvalue weighted by Crippen LogP contribution is 2.27. The second-order valence-electron chi connectivity index (χ2n) is 6.24. The van der Waals surface area contributed by atoms with Crippen LogP contribution in [0.3, 0.4) is 0 Å². The maximum Gasteiger partial charge on any atom is 0.263 e. The zero-order chi connectivity index (χ0) is 17.6. The van der Waals surface area contributed by atoms with Crippen molar-refractivity contribution in [2.45, 2.75) is 26.3 Å². The maximum absolute atomic E-state index is 13.3. The standard InChI is InChI=1S/C18H16FN5O/c1-11(2)14-7-6-12(8-20-14)24-9-13-15(22-24)10-23(18(13)25)17-5-3-4-16(19)21-17/h3-9,11H,10H2,1-2H3. The van der Waals surface area contributed by atoms with Gasteiger partial charge in [-0.25, -0.2) is 9.67 Å². The summed E-state index contributed by atoms with van der Waals surface area (Å²) in [6.07, 6.45) is 3.43. The van der Waals surface area contributed by atoms with Crippen LogP contribution in [0.1, 0.15) is 41.5 Å². The van der Waals surface area contributed by atoms with Gasteiger partial charge in [0, 0.05) is 11.9 Å². The van der Waals surface area contributed by atoms with Crippen LogP contribution in [-0.2, 0) is 6.54 Å². The minimum Gasteiger partial charge on any atom is -0.286 e. The fourth-order valence-corrected chi connectivity index (χ4v) is 2.81. The molecule has 0 bridgehead atoms. The highest BCUT2D eigenvalue weighted by Gasteiger charge is 2.32. The minimum atomic E-state index is -0.615. The van der Waals surface area contributed by atoms with E-state index in [4.69, 9.17) is 0 Å². The van der Waals surface area contributed by atoms with Gasteiger partial charge in [0.15, 0.2) is 0 Å². The van der Waals surface area contributed by atoms with Crippen LogP contribution < -0.4 is 4.90 Å². The summed E-state index contributed by atoms with van der Waals surface area (Å²) in [5, 5.41) is 4.48. The molecule has 0 N–H and O–H groups in total. The molecule has 1 aliphatic heterocycles. The Morgan fingerprint density at radius 3 is 2.68 bits per heavy atom. The van der Waals surface area contributed by atoms with Gasteiger partial charge in [0.2, 0.25) is 5.95 Å². The fraction of sp³-hybridized carbons (Fsp3) is 0.222. The molecule has 4 rings (SSSR count). The van der Waals surface area contributed by atoms with Gasteiger partial charge in [-0.05, 0) is 30.2 Å². The number of aromatic nitrogens is 4. The van der Waals surface area contributed by atoms with E-state index in [1.807, 2.05) is 12.1 Å². The summed E-state index contributed by atoms with van der Waals surface area (Å²) in [5.74, 6) is -0.203. The number of hydrogen-bond acceptors (Lipinski definition) is 4. The SMILES string of the molecule is CC(C)c1ccc(-n2cc3c(n2)CN(c2cccc(F)n2)C3=O)cn1. The summed E-state index contributed by atoms with van der Waals surface area (Å²) < 4.78 is 15.0. The Kier molecular flexibility index (Phi) is 3.56. The van der Waals surface area contributed by atoms with Crippen molar-refractivity contribution in [3.63, 3.8) is 0 Å². The number of hydrogen-bond donors (Lipinski definition) is 0. The van der Waals surface area contributed by atoms with Crippen molar-refractivity contribution in [1.29, 1.82) is 0 Å². The predicted octanol–water partition coefficient (Wildman–Crippen LogP) is 3.09. The van der Waals surface area contributed by atoms with Gasteiger partial charge in [-0.15, -0.1) is 0 Å². The lowest BCUT2D eigenvalue weighted by molar-refractivity contribution is 0.0995. The Labute approximate surface area is 143 Å². The Hall–Kier alpha value is -3.09. The lowest BCUT2D eigenvalue weighted by Gasteiger charge is -2.14. The van der Waals surface area contributed by atoms with Gasteiger partial charge >= 0.3 is 0 Å². The molecule has 0 fully saturated rings. The maximum atomic E-state index is 13.3. The zero-order valence-corrected chi connectivity index (χ0v) is 13.8. The lowest BCUT2D eigenvalue weighted by Crippen LogP contribution is -2.25. The highest BCUT2D eigenvalue weighted by atomic mass is 19.1. The van der Waals surface area contributed by atoms with Gasteiger partial charge in [0.1, 0.15) is 5.82 Å². The first-order chi connectivity index (χ1) is 12.0. The first kappa shape index (κ1) is 15.4. The molecular weight excluding hydrogens is 321 g/mol. The second kappa shape index (κ2) is 5.77. The van der Waals surface area contributed by atoms with Gasteiger partial charge in [-0.2, -0.15) is 9.49 Å². The quantitative estimate of drug-likeness (QED) is 0.689. The summed E-state index contributed by atoms with van der Waals surface area (Å²) in [6, 6.07) is 8.27. The first-order valence-corrected chi connectivity index (χ1v) is 8.02. The summed E-state index contributed by atoms with van der Waals surface area (Å²) in [7, 11) is 0. The highest BCUT2D eigenvalue weighted by molar-refractivity contribution is 6.09. The third kappa shape index (κ3) is 2.67. The van der Waals surface area contributed by atoms with E-state index in [0.717, 1.165) is 11.4 Å². The molecule has 4 heterocycles. The van der Waals surface area contributed by atoms with Crippen molar-refractivity contribution in [1.82, 2.24) is 19.7 Å². The van der Waals surface area contributed by atoms with Crippen molar-refractivity contribution in [3.05, 3.63) is 65.6 Å². The summed E-state index contributed by atoms with van der Waals surface area (Å²) in [4.78, 5) is 22.2. The van der Waals surface area contributed by atoms with E-state index in [0.29, 0.717) is 17.2 Å². The smallest absolute Gasteiger partial charge is 0.263 e. The number of halogens is 1. The molecule has 7 heteroatoms. The average molecular weight is 337 g/mol. The zero-order valence-electron chi connectivity index (χ0n) is 13.8. The molecule has 0 aromatic carbocycles. The van der Waals surface area contributed by atoms with Crippen molar-refractivity contribution >= 4 is 11.7 Å². The van der Waals surface area contributed by atoms with E-state index < -0.39 is 5.95 Å². The van der Waals surface area contributed by atoms with E-state index in [1.54, 1.807) is 23.1 Å².